The Morgan fingerprint density at radius 3 is 2.38 bits per heavy atom. The number of ether oxygens (including phenoxy) is 3. The Balaban J connectivity index is 2.15. The number of benzene rings is 1. The topological polar surface area (TPSA) is 121 Å². The van der Waals surface area contributed by atoms with Crippen molar-refractivity contribution in [3.63, 3.8) is 0 Å². The van der Waals surface area contributed by atoms with Crippen LogP contribution < -0.4 is 20.1 Å². The lowest BCUT2D eigenvalue weighted by Crippen LogP contribution is -2.48. The van der Waals surface area contributed by atoms with Gasteiger partial charge in [-0.1, -0.05) is 26.0 Å². The van der Waals surface area contributed by atoms with E-state index in [1.54, 1.807) is 53.9 Å². The van der Waals surface area contributed by atoms with Gasteiger partial charge in [-0.3, -0.25) is 9.59 Å². The summed E-state index contributed by atoms with van der Waals surface area (Å²) in [7, 11) is 1.58. The standard InChI is InChI=1S/C22H30N4O6/c1-14(2)19(24-21(29)32-22(3,4)5)20(28)23-17-11-18(31-13-27)26(25-17)12-15-7-9-16(30-6)10-8-15/h7-11,13-14,19H,12H2,1-6H3,(H,24,29)(H,23,25,28). The predicted molar refractivity (Wildman–Crippen MR) is 118 cm³/mol. The van der Waals surface area contributed by atoms with E-state index in [2.05, 4.69) is 15.7 Å². The van der Waals surface area contributed by atoms with E-state index in [1.807, 2.05) is 12.1 Å². The third kappa shape index (κ3) is 7.29. The molecule has 2 aromatic rings. The molecule has 0 aliphatic carbocycles. The molecule has 0 saturated carbocycles. The van der Waals surface area contributed by atoms with Crippen molar-refractivity contribution in [2.45, 2.75) is 52.8 Å². The summed E-state index contributed by atoms with van der Waals surface area (Å²) in [6.07, 6.45) is -0.693. The van der Waals surface area contributed by atoms with Crippen LogP contribution >= 0.6 is 0 Å². The molecule has 1 unspecified atom stereocenters. The molecule has 0 fully saturated rings. The Labute approximate surface area is 187 Å². The van der Waals surface area contributed by atoms with E-state index >= 15 is 0 Å². The number of amides is 2. The Morgan fingerprint density at radius 2 is 1.84 bits per heavy atom. The third-order valence-corrected chi connectivity index (χ3v) is 4.28. The number of rotatable bonds is 9. The van der Waals surface area contributed by atoms with E-state index in [9.17, 15) is 14.4 Å². The number of hydrogen-bond donors (Lipinski definition) is 2. The summed E-state index contributed by atoms with van der Waals surface area (Å²) in [4.78, 5) is 35.8. The van der Waals surface area contributed by atoms with Crippen LogP contribution in [0.1, 0.15) is 40.2 Å². The SMILES string of the molecule is COc1ccc(Cn2nc(NC(=O)C(NC(=O)OC(C)(C)C)C(C)C)cc2OC=O)cc1. The molecule has 0 radical (unpaired) electrons. The van der Waals surface area contributed by atoms with Gasteiger partial charge in [-0.2, -0.15) is 5.10 Å². The van der Waals surface area contributed by atoms with E-state index in [1.165, 1.54) is 10.7 Å². The first-order valence-electron chi connectivity index (χ1n) is 10.1. The molecule has 1 aromatic heterocycles. The van der Waals surface area contributed by atoms with E-state index in [0.29, 0.717) is 12.3 Å². The molecule has 0 spiro atoms. The van der Waals surface area contributed by atoms with Gasteiger partial charge in [0.25, 0.3) is 6.47 Å². The highest BCUT2D eigenvalue weighted by Crippen LogP contribution is 2.21. The summed E-state index contributed by atoms with van der Waals surface area (Å²) >= 11 is 0. The fourth-order valence-electron chi connectivity index (χ4n) is 2.80. The van der Waals surface area contributed by atoms with Gasteiger partial charge in [0.2, 0.25) is 11.8 Å². The Bertz CT molecular complexity index is 931. The molecule has 0 bridgehead atoms. The molecule has 0 aliphatic heterocycles. The van der Waals surface area contributed by atoms with Crippen molar-refractivity contribution in [3.8, 4) is 11.6 Å². The Hall–Kier alpha value is -3.56. The monoisotopic (exact) mass is 446 g/mol. The van der Waals surface area contributed by atoms with E-state index in [-0.39, 0.29) is 24.1 Å². The van der Waals surface area contributed by atoms with E-state index in [4.69, 9.17) is 14.2 Å². The van der Waals surface area contributed by atoms with Gasteiger partial charge in [-0.25, -0.2) is 9.48 Å². The average molecular weight is 447 g/mol. The number of anilines is 1. The molecule has 10 heteroatoms. The van der Waals surface area contributed by atoms with Gasteiger partial charge in [-0.15, -0.1) is 0 Å². The number of alkyl carbamates (subject to hydrolysis) is 1. The molecule has 2 rings (SSSR count). The lowest BCUT2D eigenvalue weighted by molar-refractivity contribution is -0.121. The van der Waals surface area contributed by atoms with Crippen LogP contribution in [0.15, 0.2) is 30.3 Å². The highest BCUT2D eigenvalue weighted by molar-refractivity contribution is 5.96. The van der Waals surface area contributed by atoms with Crippen LogP contribution in [-0.4, -0.2) is 47.0 Å². The first-order valence-corrected chi connectivity index (χ1v) is 10.1. The number of methoxy groups -OCH3 is 1. The van der Waals surface area contributed by atoms with Gasteiger partial charge < -0.3 is 24.8 Å². The first kappa shape index (κ1) is 24.7. The molecule has 10 nitrogen and oxygen atoms in total. The fourth-order valence-corrected chi connectivity index (χ4v) is 2.80. The summed E-state index contributed by atoms with van der Waals surface area (Å²) in [5.74, 6) is 0.361. The van der Waals surface area contributed by atoms with Gasteiger partial charge >= 0.3 is 6.09 Å². The smallest absolute Gasteiger partial charge is 0.408 e. The molecule has 2 N–H and O–H groups in total. The molecular formula is C22H30N4O6. The summed E-state index contributed by atoms with van der Waals surface area (Å²) in [5, 5.41) is 9.55. The number of carbonyl (C=O) groups excluding carboxylic acids is 3. The molecule has 0 aliphatic rings. The highest BCUT2D eigenvalue weighted by atomic mass is 16.6. The van der Waals surface area contributed by atoms with Crippen molar-refractivity contribution in [3.05, 3.63) is 35.9 Å². The van der Waals surface area contributed by atoms with Crippen LogP contribution in [0.2, 0.25) is 0 Å². The van der Waals surface area contributed by atoms with Crippen molar-refractivity contribution >= 4 is 24.3 Å². The zero-order valence-corrected chi connectivity index (χ0v) is 19.2. The number of aromatic nitrogens is 2. The minimum atomic E-state index is -0.855. The summed E-state index contributed by atoms with van der Waals surface area (Å²) in [5.41, 5.74) is 0.192. The van der Waals surface area contributed by atoms with Gasteiger partial charge in [0.15, 0.2) is 5.82 Å². The maximum Gasteiger partial charge on any atom is 0.408 e. The summed E-state index contributed by atoms with van der Waals surface area (Å²) < 4.78 is 16.8. The average Bonchev–Trinajstić information content (AvgIpc) is 3.06. The molecule has 1 heterocycles. The zero-order chi connectivity index (χ0) is 23.9. The fraction of sp³-hybridized carbons (Fsp3) is 0.455. The van der Waals surface area contributed by atoms with Crippen molar-refractivity contribution < 1.29 is 28.6 Å². The zero-order valence-electron chi connectivity index (χ0n) is 19.2. The van der Waals surface area contributed by atoms with Crippen molar-refractivity contribution in [2.75, 3.05) is 12.4 Å². The van der Waals surface area contributed by atoms with Crippen LogP contribution in [0.4, 0.5) is 10.6 Å². The van der Waals surface area contributed by atoms with E-state index < -0.39 is 23.6 Å². The van der Waals surface area contributed by atoms with Gasteiger partial charge in [0.05, 0.1) is 13.7 Å². The second kappa shape index (κ2) is 10.7. The minimum Gasteiger partial charge on any atom is -0.497 e. The van der Waals surface area contributed by atoms with Crippen molar-refractivity contribution in [1.29, 1.82) is 0 Å². The van der Waals surface area contributed by atoms with Crippen LogP contribution in [0.25, 0.3) is 0 Å². The lowest BCUT2D eigenvalue weighted by Gasteiger charge is -2.24. The minimum absolute atomic E-state index is 0.160. The predicted octanol–water partition coefficient (Wildman–Crippen LogP) is 2.96. The Kier molecular flexibility index (Phi) is 8.22. The molecular weight excluding hydrogens is 416 g/mol. The molecule has 1 aromatic carbocycles. The maximum absolute atomic E-state index is 12.8. The first-order chi connectivity index (χ1) is 15.0. The normalized spacial score (nSPS) is 12.1. The number of nitrogens with one attached hydrogen (secondary N) is 2. The quantitative estimate of drug-likeness (QED) is 0.568. The molecule has 2 amide bonds. The highest BCUT2D eigenvalue weighted by Gasteiger charge is 2.27. The largest absolute Gasteiger partial charge is 0.497 e. The van der Waals surface area contributed by atoms with Crippen LogP contribution in [0.3, 0.4) is 0 Å². The van der Waals surface area contributed by atoms with Gasteiger partial charge in [-0.05, 0) is 44.4 Å². The van der Waals surface area contributed by atoms with Crippen molar-refractivity contribution in [2.24, 2.45) is 5.92 Å². The Morgan fingerprint density at radius 1 is 1.19 bits per heavy atom. The number of hydrogen-bond acceptors (Lipinski definition) is 7. The van der Waals surface area contributed by atoms with Crippen molar-refractivity contribution in [1.82, 2.24) is 15.1 Å². The summed E-state index contributed by atoms with van der Waals surface area (Å²) in [6.45, 7) is 9.39. The maximum atomic E-state index is 12.8. The molecule has 32 heavy (non-hydrogen) atoms. The number of carbonyl (C=O) groups is 3. The molecule has 174 valence electrons. The second-order valence-corrected chi connectivity index (χ2v) is 8.44. The van der Waals surface area contributed by atoms with Gasteiger partial charge in [0.1, 0.15) is 17.4 Å². The number of nitrogens with zero attached hydrogens (tertiary/aromatic N) is 2. The molecule has 1 atom stereocenters. The lowest BCUT2D eigenvalue weighted by atomic mass is 10.0. The van der Waals surface area contributed by atoms with E-state index in [0.717, 1.165) is 5.56 Å². The van der Waals surface area contributed by atoms with Crippen LogP contribution in [-0.2, 0) is 20.9 Å². The van der Waals surface area contributed by atoms with Crippen LogP contribution in [0.5, 0.6) is 11.6 Å². The van der Waals surface area contributed by atoms with Gasteiger partial charge in [0, 0.05) is 6.07 Å². The van der Waals surface area contributed by atoms with Crippen LogP contribution in [0, 0.1) is 5.92 Å². The second-order valence-electron chi connectivity index (χ2n) is 8.44. The molecule has 0 saturated heterocycles. The summed E-state index contributed by atoms with van der Waals surface area (Å²) in [6, 6.07) is 7.88. The third-order valence-electron chi connectivity index (χ3n) is 4.28.